The molecule has 1 fully saturated rings. The maximum atomic E-state index is 12.9. The number of amides is 1. The van der Waals surface area contributed by atoms with E-state index < -0.39 is 49.5 Å². The number of carbonyl (C=O) groups is 1. The Morgan fingerprint density at radius 2 is 1.14 bits per heavy atom. The SMILES string of the molecule is CCCCCCCC/C=C/CCCCCCCCCC(=O)N[C@@H](CO[C@H]1O[C@@H](CO)[C@H](O)C(O)C1O)[C@H](O)CCCCCCCCCCC. The molecule has 2 unspecified atom stereocenters. The molecule has 0 spiro atoms. The summed E-state index contributed by atoms with van der Waals surface area (Å²) < 4.78 is 11.2. The molecule has 0 aromatic rings. The van der Waals surface area contributed by atoms with Gasteiger partial charge in [-0.25, -0.2) is 0 Å². The number of unbranched alkanes of at least 4 members (excludes halogenated alkanes) is 21. The highest BCUT2D eigenvalue weighted by Gasteiger charge is 2.44. The molecule has 0 radical (unpaired) electrons. The van der Waals surface area contributed by atoms with Gasteiger partial charge in [0.25, 0.3) is 0 Å². The van der Waals surface area contributed by atoms with E-state index in [1.54, 1.807) is 0 Å². The van der Waals surface area contributed by atoms with Crippen molar-refractivity contribution in [2.24, 2.45) is 0 Å². The molecule has 0 aromatic heterocycles. The number of aliphatic hydroxyl groups excluding tert-OH is 5. The summed E-state index contributed by atoms with van der Waals surface area (Å²) >= 11 is 0. The Bertz CT molecular complexity index is 781. The molecule has 9 nitrogen and oxygen atoms in total. The second-order valence-corrected chi connectivity index (χ2v) is 14.4. The van der Waals surface area contributed by atoms with E-state index in [1.807, 2.05) is 0 Å². The highest BCUT2D eigenvalue weighted by atomic mass is 16.7. The Labute approximate surface area is 299 Å². The minimum Gasteiger partial charge on any atom is -0.394 e. The zero-order valence-electron chi connectivity index (χ0n) is 31.5. The normalized spacial score (nSPS) is 22.5. The van der Waals surface area contributed by atoms with E-state index in [9.17, 15) is 30.3 Å². The van der Waals surface area contributed by atoms with Crippen LogP contribution in [0.25, 0.3) is 0 Å². The third kappa shape index (κ3) is 23.2. The molecule has 1 amide bonds. The predicted octanol–water partition coefficient (Wildman–Crippen LogP) is 7.39. The summed E-state index contributed by atoms with van der Waals surface area (Å²) in [6.07, 6.45) is 26.5. The molecular weight excluding hydrogens is 622 g/mol. The van der Waals surface area contributed by atoms with Crippen molar-refractivity contribution in [1.29, 1.82) is 0 Å². The van der Waals surface area contributed by atoms with Crippen molar-refractivity contribution in [3.05, 3.63) is 12.2 Å². The van der Waals surface area contributed by atoms with Gasteiger partial charge in [-0.3, -0.25) is 4.79 Å². The van der Waals surface area contributed by atoms with Gasteiger partial charge in [-0.1, -0.05) is 148 Å². The molecular formula is C40H77NO8. The van der Waals surface area contributed by atoms with Crippen molar-refractivity contribution in [3.8, 4) is 0 Å². The molecule has 6 N–H and O–H groups in total. The molecule has 1 aliphatic rings. The van der Waals surface area contributed by atoms with E-state index in [0.29, 0.717) is 12.8 Å². The van der Waals surface area contributed by atoms with Crippen LogP contribution in [0.2, 0.25) is 0 Å². The maximum absolute atomic E-state index is 12.9. The Morgan fingerprint density at radius 3 is 1.65 bits per heavy atom. The number of hydrogen-bond donors (Lipinski definition) is 6. The number of rotatable bonds is 33. The van der Waals surface area contributed by atoms with E-state index >= 15 is 0 Å². The topological polar surface area (TPSA) is 149 Å². The molecule has 0 aliphatic carbocycles. The number of carbonyl (C=O) groups excluding carboxylic acids is 1. The first-order valence-electron chi connectivity index (χ1n) is 20.4. The Balaban J connectivity index is 2.35. The molecule has 0 saturated carbocycles. The van der Waals surface area contributed by atoms with Gasteiger partial charge >= 0.3 is 0 Å². The average Bonchev–Trinajstić information content (AvgIpc) is 3.10. The molecule has 49 heavy (non-hydrogen) atoms. The zero-order chi connectivity index (χ0) is 36.0. The van der Waals surface area contributed by atoms with Gasteiger partial charge in [-0.2, -0.15) is 0 Å². The van der Waals surface area contributed by atoms with E-state index in [-0.39, 0.29) is 12.5 Å². The second kappa shape index (κ2) is 31.6. The van der Waals surface area contributed by atoms with Crippen molar-refractivity contribution in [2.75, 3.05) is 13.2 Å². The fourth-order valence-corrected chi connectivity index (χ4v) is 6.51. The lowest BCUT2D eigenvalue weighted by Crippen LogP contribution is -2.60. The lowest BCUT2D eigenvalue weighted by atomic mass is 9.99. The van der Waals surface area contributed by atoms with E-state index in [0.717, 1.165) is 38.5 Å². The summed E-state index contributed by atoms with van der Waals surface area (Å²) in [5.41, 5.74) is 0. The van der Waals surface area contributed by atoms with Crippen LogP contribution in [0, 0.1) is 0 Å². The van der Waals surface area contributed by atoms with Gasteiger partial charge in [0, 0.05) is 6.42 Å². The molecule has 0 bridgehead atoms. The maximum Gasteiger partial charge on any atom is 0.220 e. The fraction of sp³-hybridized carbons (Fsp3) is 0.925. The summed E-state index contributed by atoms with van der Waals surface area (Å²) in [5.74, 6) is -0.152. The molecule has 7 atom stereocenters. The van der Waals surface area contributed by atoms with Crippen LogP contribution < -0.4 is 5.32 Å². The Morgan fingerprint density at radius 1 is 0.673 bits per heavy atom. The van der Waals surface area contributed by atoms with Crippen LogP contribution in [0.15, 0.2) is 12.2 Å². The first kappa shape index (κ1) is 46.0. The summed E-state index contributed by atoms with van der Waals surface area (Å²) in [6.45, 7) is 3.79. The predicted molar refractivity (Wildman–Crippen MR) is 198 cm³/mol. The fourth-order valence-electron chi connectivity index (χ4n) is 6.51. The highest BCUT2D eigenvalue weighted by Crippen LogP contribution is 2.23. The van der Waals surface area contributed by atoms with Crippen LogP contribution in [-0.2, 0) is 14.3 Å². The standard InChI is InChI=1S/C40H77NO8/c1-3-5-7-9-11-13-14-15-16-17-18-19-20-22-24-26-28-30-36(44)41-33(34(43)29-27-25-23-21-12-10-8-6-4-2)32-48-40-39(47)38(46)37(45)35(31-42)49-40/h15-16,33-35,37-40,42-43,45-47H,3-14,17-32H2,1-2H3,(H,41,44)/b16-15+/t33-,34+,35-,37-,38?,39?,40-/m0/s1. The van der Waals surface area contributed by atoms with Crippen molar-refractivity contribution in [2.45, 2.75) is 224 Å². The van der Waals surface area contributed by atoms with Crippen LogP contribution in [0.3, 0.4) is 0 Å². The number of nitrogens with one attached hydrogen (secondary N) is 1. The van der Waals surface area contributed by atoms with Crippen molar-refractivity contribution in [3.63, 3.8) is 0 Å². The third-order valence-electron chi connectivity index (χ3n) is 9.87. The minimum atomic E-state index is -1.55. The van der Waals surface area contributed by atoms with Crippen molar-refractivity contribution < 1.29 is 39.8 Å². The van der Waals surface area contributed by atoms with Gasteiger partial charge < -0.3 is 40.3 Å². The van der Waals surface area contributed by atoms with Gasteiger partial charge in [-0.05, 0) is 38.5 Å². The minimum absolute atomic E-state index is 0.138. The lowest BCUT2D eigenvalue weighted by Gasteiger charge is -2.40. The van der Waals surface area contributed by atoms with Gasteiger partial charge in [0.05, 0.1) is 25.4 Å². The molecule has 1 saturated heterocycles. The van der Waals surface area contributed by atoms with Gasteiger partial charge in [0.2, 0.25) is 5.91 Å². The third-order valence-corrected chi connectivity index (χ3v) is 9.87. The molecule has 1 rings (SSSR count). The van der Waals surface area contributed by atoms with E-state index in [2.05, 4.69) is 31.3 Å². The van der Waals surface area contributed by atoms with Gasteiger partial charge in [0.1, 0.15) is 24.4 Å². The number of ether oxygens (including phenoxy) is 2. The highest BCUT2D eigenvalue weighted by molar-refractivity contribution is 5.76. The summed E-state index contributed by atoms with van der Waals surface area (Å²) in [4.78, 5) is 12.9. The van der Waals surface area contributed by atoms with Gasteiger partial charge in [-0.15, -0.1) is 0 Å². The van der Waals surface area contributed by atoms with Crippen LogP contribution in [0.1, 0.15) is 181 Å². The molecule has 0 aromatic carbocycles. The smallest absolute Gasteiger partial charge is 0.220 e. The Kier molecular flexibility index (Phi) is 29.7. The first-order chi connectivity index (χ1) is 23.8. The lowest BCUT2D eigenvalue weighted by molar-refractivity contribution is -0.302. The number of hydrogen-bond acceptors (Lipinski definition) is 8. The van der Waals surface area contributed by atoms with Gasteiger partial charge in [0.15, 0.2) is 6.29 Å². The monoisotopic (exact) mass is 700 g/mol. The second-order valence-electron chi connectivity index (χ2n) is 14.4. The van der Waals surface area contributed by atoms with Crippen molar-refractivity contribution in [1.82, 2.24) is 5.32 Å². The van der Waals surface area contributed by atoms with Crippen LogP contribution in [0.5, 0.6) is 0 Å². The number of allylic oxidation sites excluding steroid dienone is 2. The summed E-state index contributed by atoms with van der Waals surface area (Å²) in [6, 6.07) is -0.714. The van der Waals surface area contributed by atoms with Crippen LogP contribution in [0.4, 0.5) is 0 Å². The summed E-state index contributed by atoms with van der Waals surface area (Å²) in [5, 5.41) is 54.0. The largest absolute Gasteiger partial charge is 0.394 e. The van der Waals surface area contributed by atoms with E-state index in [1.165, 1.54) is 116 Å². The Hall–Kier alpha value is -1.07. The van der Waals surface area contributed by atoms with Crippen LogP contribution >= 0.6 is 0 Å². The first-order valence-corrected chi connectivity index (χ1v) is 20.4. The molecule has 1 aliphatic heterocycles. The quantitative estimate of drug-likeness (QED) is 0.0307. The van der Waals surface area contributed by atoms with E-state index in [4.69, 9.17) is 9.47 Å². The molecule has 1 heterocycles. The number of aliphatic hydroxyl groups is 5. The zero-order valence-corrected chi connectivity index (χ0v) is 31.5. The average molecular weight is 700 g/mol. The summed E-state index contributed by atoms with van der Waals surface area (Å²) in [7, 11) is 0. The van der Waals surface area contributed by atoms with Crippen LogP contribution in [-0.4, -0.2) is 87.5 Å². The molecule has 9 heteroatoms. The van der Waals surface area contributed by atoms with Crippen molar-refractivity contribution >= 4 is 5.91 Å². The molecule has 290 valence electrons.